The van der Waals surface area contributed by atoms with Crippen molar-refractivity contribution in [2.75, 3.05) is 0 Å². The molecule has 0 saturated carbocycles. The van der Waals surface area contributed by atoms with Gasteiger partial charge in [0.15, 0.2) is 0 Å². The molecule has 0 aliphatic heterocycles. The van der Waals surface area contributed by atoms with Crippen molar-refractivity contribution in [3.63, 3.8) is 0 Å². The average Bonchev–Trinajstić information content (AvgIpc) is 2.75. The Hall–Kier alpha value is -2.69. The molecule has 0 spiro atoms. The second-order valence-corrected chi connectivity index (χ2v) is 8.88. The predicted octanol–water partition coefficient (Wildman–Crippen LogP) is 5.23. The van der Waals surface area contributed by atoms with Gasteiger partial charge in [0.2, 0.25) is 0 Å². The van der Waals surface area contributed by atoms with Gasteiger partial charge in [-0.3, -0.25) is 0 Å². The molecular weight excluding hydrogens is 343 g/mol. The van der Waals surface area contributed by atoms with Crippen LogP contribution in [-0.2, 0) is 12.8 Å². The molecule has 0 atom stereocenters. The lowest BCUT2D eigenvalue weighted by Gasteiger charge is -2.20. The van der Waals surface area contributed by atoms with Crippen molar-refractivity contribution in [3.05, 3.63) is 126 Å². The summed E-state index contributed by atoms with van der Waals surface area (Å²) in [5, 5.41) is 4.23. The molecule has 0 fully saturated rings. The molecule has 0 heterocycles. The molecule has 0 unspecified atom stereocenters. The molecule has 27 heavy (non-hydrogen) atoms. The van der Waals surface area contributed by atoms with Gasteiger partial charge in [-0.2, -0.15) is 0 Å². The predicted molar refractivity (Wildman–Crippen MR) is 119 cm³/mol. The highest BCUT2D eigenvalue weighted by Gasteiger charge is 2.16. The molecule has 0 saturated heterocycles. The van der Waals surface area contributed by atoms with Crippen LogP contribution >= 0.6 is 7.92 Å². The largest absolute Gasteiger partial charge is 0.0622 e. The minimum Gasteiger partial charge on any atom is -0.0622 e. The Bertz CT molecular complexity index is 923. The monoisotopic (exact) mass is 366 g/mol. The first kappa shape index (κ1) is 17.7. The molecule has 0 N–H and O–H groups in total. The highest BCUT2D eigenvalue weighted by molar-refractivity contribution is 7.79. The summed E-state index contributed by atoms with van der Waals surface area (Å²) in [5.41, 5.74) is 2.81. The number of benzene rings is 4. The van der Waals surface area contributed by atoms with Gasteiger partial charge in [-0.15, -0.1) is 0 Å². The third kappa shape index (κ3) is 4.54. The molecule has 1 heteroatoms. The maximum Gasteiger partial charge on any atom is -0.0134 e. The smallest absolute Gasteiger partial charge is 0.0134 e. The van der Waals surface area contributed by atoms with Gasteiger partial charge in [0.1, 0.15) is 0 Å². The summed E-state index contributed by atoms with van der Waals surface area (Å²) >= 11 is 0. The number of hydrogen-bond acceptors (Lipinski definition) is 0. The molecule has 4 rings (SSSR count). The first-order valence-corrected chi connectivity index (χ1v) is 10.8. The Morgan fingerprint density at radius 1 is 0.407 bits per heavy atom. The molecule has 0 bridgehead atoms. The molecule has 0 aliphatic rings. The standard InChI is InChI=1S/C26H23P/c1-4-11-22(12-5-1)19-20-23-13-10-18-26(21-23)27(24-14-6-2-7-15-24)25-16-8-3-9-17-25/h1-18,21H,19-20H2. The molecule has 0 radical (unpaired) electrons. The van der Waals surface area contributed by atoms with Crippen LogP contribution in [0, 0.1) is 0 Å². The Morgan fingerprint density at radius 2 is 0.852 bits per heavy atom. The zero-order valence-corrected chi connectivity index (χ0v) is 16.2. The maximum absolute atomic E-state index is 2.41. The van der Waals surface area contributed by atoms with Gasteiger partial charge in [-0.1, -0.05) is 115 Å². The van der Waals surface area contributed by atoms with Crippen molar-refractivity contribution < 1.29 is 0 Å². The van der Waals surface area contributed by atoms with E-state index in [1.165, 1.54) is 27.0 Å². The van der Waals surface area contributed by atoms with E-state index >= 15 is 0 Å². The van der Waals surface area contributed by atoms with Gasteiger partial charge < -0.3 is 0 Å². The summed E-state index contributed by atoms with van der Waals surface area (Å²) in [7, 11) is -0.527. The summed E-state index contributed by atoms with van der Waals surface area (Å²) in [4.78, 5) is 0. The minimum atomic E-state index is -0.527. The van der Waals surface area contributed by atoms with Crippen LogP contribution in [0.5, 0.6) is 0 Å². The van der Waals surface area contributed by atoms with Gasteiger partial charge >= 0.3 is 0 Å². The van der Waals surface area contributed by atoms with E-state index in [-0.39, 0.29) is 0 Å². The summed E-state index contributed by atoms with van der Waals surface area (Å²) < 4.78 is 0. The van der Waals surface area contributed by atoms with Crippen LogP contribution in [0.25, 0.3) is 0 Å². The molecule has 132 valence electrons. The van der Waals surface area contributed by atoms with E-state index in [0.717, 1.165) is 12.8 Å². The third-order valence-electron chi connectivity index (χ3n) is 4.74. The second-order valence-electron chi connectivity index (χ2n) is 6.66. The molecule has 0 amide bonds. The van der Waals surface area contributed by atoms with Crippen LogP contribution in [0.15, 0.2) is 115 Å². The van der Waals surface area contributed by atoms with Crippen molar-refractivity contribution in [1.29, 1.82) is 0 Å². The van der Waals surface area contributed by atoms with E-state index in [1.807, 2.05) is 0 Å². The average molecular weight is 366 g/mol. The van der Waals surface area contributed by atoms with Gasteiger partial charge in [0, 0.05) is 0 Å². The third-order valence-corrected chi connectivity index (χ3v) is 7.17. The summed E-state index contributed by atoms with van der Waals surface area (Å²) in [6, 6.07) is 41.7. The summed E-state index contributed by atoms with van der Waals surface area (Å²) in [5.74, 6) is 0. The van der Waals surface area contributed by atoms with Gasteiger partial charge in [0.25, 0.3) is 0 Å². The minimum absolute atomic E-state index is 0.527. The van der Waals surface area contributed by atoms with E-state index in [4.69, 9.17) is 0 Å². The SMILES string of the molecule is c1ccc(CCc2cccc(P(c3ccccc3)c3ccccc3)c2)cc1. The molecule has 0 nitrogen and oxygen atoms in total. The highest BCUT2D eigenvalue weighted by atomic mass is 31.1. The van der Waals surface area contributed by atoms with Crippen molar-refractivity contribution in [3.8, 4) is 0 Å². The van der Waals surface area contributed by atoms with Crippen LogP contribution in [0.4, 0.5) is 0 Å². The van der Waals surface area contributed by atoms with E-state index in [0.29, 0.717) is 0 Å². The molecule has 4 aromatic carbocycles. The van der Waals surface area contributed by atoms with Gasteiger partial charge in [0.05, 0.1) is 0 Å². The number of rotatable bonds is 6. The number of hydrogen-bond donors (Lipinski definition) is 0. The van der Waals surface area contributed by atoms with Crippen molar-refractivity contribution >= 4 is 23.8 Å². The fourth-order valence-corrected chi connectivity index (χ4v) is 5.75. The van der Waals surface area contributed by atoms with Crippen LogP contribution in [0.3, 0.4) is 0 Å². The fourth-order valence-electron chi connectivity index (χ4n) is 3.39. The van der Waals surface area contributed by atoms with Crippen LogP contribution in [0.1, 0.15) is 11.1 Å². The Morgan fingerprint density at radius 3 is 1.44 bits per heavy atom. The van der Waals surface area contributed by atoms with Crippen molar-refractivity contribution in [2.45, 2.75) is 12.8 Å². The molecule has 4 aromatic rings. The quantitative estimate of drug-likeness (QED) is 0.410. The normalized spacial score (nSPS) is 10.9. The Labute approximate surface area is 163 Å². The van der Waals surface area contributed by atoms with E-state index in [1.54, 1.807) is 0 Å². The Balaban J connectivity index is 1.64. The zero-order chi connectivity index (χ0) is 18.3. The highest BCUT2D eigenvalue weighted by Crippen LogP contribution is 2.32. The molecule has 0 aliphatic carbocycles. The van der Waals surface area contributed by atoms with E-state index in [9.17, 15) is 0 Å². The van der Waals surface area contributed by atoms with Crippen molar-refractivity contribution in [2.24, 2.45) is 0 Å². The van der Waals surface area contributed by atoms with Crippen LogP contribution in [0.2, 0.25) is 0 Å². The topological polar surface area (TPSA) is 0 Å². The maximum atomic E-state index is 2.41. The fraction of sp³-hybridized carbons (Fsp3) is 0.0769. The first-order valence-electron chi connectivity index (χ1n) is 9.43. The second kappa shape index (κ2) is 8.80. The summed E-state index contributed by atoms with van der Waals surface area (Å²) in [6.07, 6.45) is 2.16. The molecular formula is C26H23P. The van der Waals surface area contributed by atoms with Gasteiger partial charge in [-0.25, -0.2) is 0 Å². The lowest BCUT2D eigenvalue weighted by atomic mass is 10.0. The van der Waals surface area contributed by atoms with Crippen molar-refractivity contribution in [1.82, 2.24) is 0 Å². The first-order chi connectivity index (χ1) is 13.4. The zero-order valence-electron chi connectivity index (χ0n) is 15.3. The van der Waals surface area contributed by atoms with Gasteiger partial charge in [-0.05, 0) is 47.8 Å². The van der Waals surface area contributed by atoms with E-state index in [2.05, 4.69) is 115 Å². The lowest BCUT2D eigenvalue weighted by molar-refractivity contribution is 0.962. The van der Waals surface area contributed by atoms with Crippen LogP contribution in [-0.4, -0.2) is 0 Å². The van der Waals surface area contributed by atoms with Crippen LogP contribution < -0.4 is 15.9 Å². The lowest BCUT2D eigenvalue weighted by Crippen LogP contribution is -2.20. The Kier molecular flexibility index (Phi) is 5.77. The molecule has 0 aromatic heterocycles. The summed E-state index contributed by atoms with van der Waals surface area (Å²) in [6.45, 7) is 0. The van der Waals surface area contributed by atoms with E-state index < -0.39 is 7.92 Å². The number of aryl methyl sites for hydroxylation is 2.